The van der Waals surface area contributed by atoms with Crippen molar-refractivity contribution in [3.05, 3.63) is 72.3 Å². The molecule has 3 aromatic rings. The van der Waals surface area contributed by atoms with Crippen molar-refractivity contribution in [2.75, 3.05) is 31.4 Å². The van der Waals surface area contributed by atoms with Crippen LogP contribution in [0.3, 0.4) is 0 Å². The summed E-state index contributed by atoms with van der Waals surface area (Å²) < 4.78 is 63.9. The number of carbonyl (C=O) groups excluding carboxylic acids is 1. The Morgan fingerprint density at radius 2 is 1.62 bits per heavy atom. The van der Waals surface area contributed by atoms with Crippen LogP contribution < -0.4 is 20.1 Å². The lowest BCUT2D eigenvalue weighted by Gasteiger charge is -2.14. The number of ether oxygens (including phenoxy) is 2. The summed E-state index contributed by atoms with van der Waals surface area (Å²) in [6.07, 6.45) is 0. The number of anilines is 2. The van der Waals surface area contributed by atoms with Gasteiger partial charge in [0.05, 0.1) is 36.2 Å². The highest BCUT2D eigenvalue weighted by Gasteiger charge is 2.24. The maximum atomic E-state index is 13.9. The Bertz CT molecular complexity index is 1250. The molecule has 0 radical (unpaired) electrons. The second-order valence-corrected chi connectivity index (χ2v) is 8.49. The number of hydrogen-bond acceptors (Lipinski definition) is 6. The summed E-state index contributed by atoms with van der Waals surface area (Å²) >= 11 is 0. The topological polar surface area (TPSA) is 93.7 Å². The van der Waals surface area contributed by atoms with Crippen molar-refractivity contribution in [1.82, 2.24) is 0 Å². The number of benzene rings is 3. The molecular formula is C22H20F2N2O5S. The molecule has 7 nitrogen and oxygen atoms in total. The standard InChI is InChI=1S/C22H20F2N2O5S/c1-30-19-9-7-17(12-20(19)31-2)32(28,29)21-11-15(24)6-8-18(21)25-13-22(27)26-16-5-3-4-14(23)10-16/h3-12,25H,13H2,1-2H3,(H,26,27). The second kappa shape index (κ2) is 9.65. The summed E-state index contributed by atoms with van der Waals surface area (Å²) in [5, 5.41) is 5.18. The van der Waals surface area contributed by atoms with Gasteiger partial charge in [-0.05, 0) is 48.5 Å². The molecule has 0 saturated heterocycles. The number of sulfone groups is 1. The van der Waals surface area contributed by atoms with Gasteiger partial charge in [-0.2, -0.15) is 0 Å². The normalized spacial score (nSPS) is 11.0. The number of rotatable bonds is 8. The fourth-order valence-electron chi connectivity index (χ4n) is 2.92. The van der Waals surface area contributed by atoms with Gasteiger partial charge in [0.25, 0.3) is 0 Å². The van der Waals surface area contributed by atoms with Crippen LogP contribution in [0.1, 0.15) is 0 Å². The molecule has 0 heterocycles. The molecular weight excluding hydrogens is 442 g/mol. The molecule has 0 saturated carbocycles. The molecule has 0 spiro atoms. The minimum atomic E-state index is -4.18. The third kappa shape index (κ3) is 5.14. The van der Waals surface area contributed by atoms with Crippen LogP contribution in [0.2, 0.25) is 0 Å². The maximum Gasteiger partial charge on any atom is 0.243 e. The Kier molecular flexibility index (Phi) is 6.94. The van der Waals surface area contributed by atoms with Crippen molar-refractivity contribution < 1.29 is 31.5 Å². The van der Waals surface area contributed by atoms with Crippen LogP contribution in [0, 0.1) is 11.6 Å². The highest BCUT2D eigenvalue weighted by atomic mass is 32.2. The Balaban J connectivity index is 1.86. The molecule has 3 rings (SSSR count). The van der Waals surface area contributed by atoms with Gasteiger partial charge in [0.15, 0.2) is 11.5 Å². The molecule has 2 N–H and O–H groups in total. The summed E-state index contributed by atoms with van der Waals surface area (Å²) in [6.45, 7) is -0.337. The van der Waals surface area contributed by atoms with Crippen LogP contribution in [-0.2, 0) is 14.6 Å². The van der Waals surface area contributed by atoms with E-state index in [1.54, 1.807) is 0 Å². The first-order valence-electron chi connectivity index (χ1n) is 9.30. The van der Waals surface area contributed by atoms with E-state index < -0.39 is 27.4 Å². The van der Waals surface area contributed by atoms with Crippen LogP contribution >= 0.6 is 0 Å². The summed E-state index contributed by atoms with van der Waals surface area (Å²) in [4.78, 5) is 11.7. The van der Waals surface area contributed by atoms with Crippen molar-refractivity contribution in [3.63, 3.8) is 0 Å². The quantitative estimate of drug-likeness (QED) is 0.528. The first-order valence-corrected chi connectivity index (χ1v) is 10.8. The van der Waals surface area contributed by atoms with Crippen LogP contribution in [0.4, 0.5) is 20.2 Å². The summed E-state index contributed by atoms with van der Waals surface area (Å²) in [5.41, 5.74) is 0.268. The van der Waals surface area contributed by atoms with Gasteiger partial charge in [0, 0.05) is 11.8 Å². The van der Waals surface area contributed by atoms with E-state index in [4.69, 9.17) is 9.47 Å². The van der Waals surface area contributed by atoms with Gasteiger partial charge in [0.1, 0.15) is 11.6 Å². The van der Waals surface area contributed by atoms with E-state index in [-0.39, 0.29) is 33.5 Å². The van der Waals surface area contributed by atoms with E-state index in [1.165, 1.54) is 56.7 Å². The van der Waals surface area contributed by atoms with E-state index in [0.29, 0.717) is 5.75 Å². The van der Waals surface area contributed by atoms with Crippen LogP contribution in [-0.4, -0.2) is 35.1 Å². The molecule has 0 aliphatic heterocycles. The van der Waals surface area contributed by atoms with E-state index in [0.717, 1.165) is 18.2 Å². The first-order chi connectivity index (χ1) is 15.2. The zero-order valence-electron chi connectivity index (χ0n) is 17.2. The molecule has 168 valence electrons. The molecule has 0 bridgehead atoms. The number of carbonyl (C=O) groups is 1. The average molecular weight is 462 g/mol. The monoisotopic (exact) mass is 462 g/mol. The summed E-state index contributed by atoms with van der Waals surface area (Å²) in [7, 11) is -1.41. The second-order valence-electron chi connectivity index (χ2n) is 6.57. The van der Waals surface area contributed by atoms with Crippen molar-refractivity contribution >= 4 is 27.1 Å². The minimum Gasteiger partial charge on any atom is -0.493 e. The molecule has 0 atom stereocenters. The van der Waals surface area contributed by atoms with Crippen molar-refractivity contribution in [2.24, 2.45) is 0 Å². The van der Waals surface area contributed by atoms with Crippen molar-refractivity contribution in [1.29, 1.82) is 0 Å². The Labute approximate surface area is 183 Å². The maximum absolute atomic E-state index is 13.9. The highest BCUT2D eigenvalue weighted by molar-refractivity contribution is 7.91. The van der Waals surface area contributed by atoms with Crippen LogP contribution in [0.25, 0.3) is 0 Å². The smallest absolute Gasteiger partial charge is 0.243 e. The van der Waals surface area contributed by atoms with E-state index >= 15 is 0 Å². The third-order valence-corrected chi connectivity index (χ3v) is 6.24. The van der Waals surface area contributed by atoms with Gasteiger partial charge < -0.3 is 20.1 Å². The van der Waals surface area contributed by atoms with E-state index in [1.807, 2.05) is 0 Å². The number of amides is 1. The van der Waals surface area contributed by atoms with Gasteiger partial charge in [0.2, 0.25) is 15.7 Å². The van der Waals surface area contributed by atoms with Gasteiger partial charge in [-0.25, -0.2) is 17.2 Å². The molecule has 32 heavy (non-hydrogen) atoms. The zero-order chi connectivity index (χ0) is 23.3. The molecule has 0 fully saturated rings. The zero-order valence-corrected chi connectivity index (χ0v) is 18.0. The molecule has 10 heteroatoms. The highest BCUT2D eigenvalue weighted by Crippen LogP contribution is 2.34. The summed E-state index contributed by atoms with van der Waals surface area (Å²) in [6, 6.07) is 12.5. The molecule has 0 aliphatic carbocycles. The molecule has 0 unspecified atom stereocenters. The fraction of sp³-hybridized carbons (Fsp3) is 0.136. The number of hydrogen-bond donors (Lipinski definition) is 2. The molecule has 1 amide bonds. The van der Waals surface area contributed by atoms with Gasteiger partial charge in [-0.3, -0.25) is 4.79 Å². The van der Waals surface area contributed by atoms with Crippen molar-refractivity contribution in [3.8, 4) is 11.5 Å². The summed E-state index contributed by atoms with van der Waals surface area (Å²) in [5.74, 6) is -1.31. The predicted octanol–water partition coefficient (Wildman–Crippen LogP) is 3.87. The Morgan fingerprint density at radius 3 is 2.31 bits per heavy atom. The van der Waals surface area contributed by atoms with Crippen LogP contribution in [0.5, 0.6) is 11.5 Å². The van der Waals surface area contributed by atoms with Crippen molar-refractivity contribution in [2.45, 2.75) is 9.79 Å². The van der Waals surface area contributed by atoms with Gasteiger partial charge >= 0.3 is 0 Å². The van der Waals surface area contributed by atoms with Gasteiger partial charge in [-0.1, -0.05) is 6.07 Å². The van der Waals surface area contributed by atoms with Gasteiger partial charge in [-0.15, -0.1) is 0 Å². The first kappa shape index (κ1) is 23.0. The lowest BCUT2D eigenvalue weighted by molar-refractivity contribution is -0.114. The predicted molar refractivity (Wildman–Crippen MR) is 115 cm³/mol. The Morgan fingerprint density at radius 1 is 0.906 bits per heavy atom. The SMILES string of the molecule is COc1ccc(S(=O)(=O)c2cc(F)ccc2NCC(=O)Nc2cccc(F)c2)cc1OC. The molecule has 3 aromatic carbocycles. The number of nitrogens with one attached hydrogen (secondary N) is 2. The van der Waals surface area contributed by atoms with E-state index in [2.05, 4.69) is 10.6 Å². The lowest BCUT2D eigenvalue weighted by atomic mass is 10.3. The van der Waals surface area contributed by atoms with E-state index in [9.17, 15) is 22.0 Å². The third-order valence-electron chi connectivity index (χ3n) is 4.45. The lowest BCUT2D eigenvalue weighted by Crippen LogP contribution is -2.22. The molecule has 0 aromatic heterocycles. The number of methoxy groups -OCH3 is 2. The number of halogens is 2. The largest absolute Gasteiger partial charge is 0.493 e. The fourth-order valence-corrected chi connectivity index (χ4v) is 4.38. The molecule has 0 aliphatic rings. The minimum absolute atomic E-state index is 0.0237. The van der Waals surface area contributed by atoms with Crippen LogP contribution in [0.15, 0.2) is 70.5 Å². The average Bonchev–Trinajstić information content (AvgIpc) is 2.77. The Hall–Kier alpha value is -3.66.